The van der Waals surface area contributed by atoms with E-state index in [0.717, 1.165) is 6.42 Å². The van der Waals surface area contributed by atoms with Crippen LogP contribution in [0.5, 0.6) is 0 Å². The molecule has 0 fully saturated rings. The number of hydrogen-bond acceptors (Lipinski definition) is 2. The van der Waals surface area contributed by atoms with Gasteiger partial charge in [0, 0.05) is 22.0 Å². The minimum Gasteiger partial charge on any atom is -0.324 e. The number of hydrogen-bond donors (Lipinski definition) is 1. The normalized spacial score (nSPS) is 12.4. The highest BCUT2D eigenvalue weighted by molar-refractivity contribution is 14.1. The first-order chi connectivity index (χ1) is 8.18. The maximum Gasteiger partial charge on any atom is 0.0346 e. The quantitative estimate of drug-likeness (QED) is 0.873. The summed E-state index contributed by atoms with van der Waals surface area (Å²) in [4.78, 5) is 4.11. The first kappa shape index (κ1) is 12.5. The summed E-state index contributed by atoms with van der Waals surface area (Å²) in [6, 6.07) is 10.3. The van der Waals surface area contributed by atoms with Gasteiger partial charge in [0.1, 0.15) is 0 Å². The highest BCUT2D eigenvalue weighted by Crippen LogP contribution is 2.23. The molecule has 1 unspecified atom stereocenters. The lowest BCUT2D eigenvalue weighted by atomic mass is 9.99. The summed E-state index contributed by atoms with van der Waals surface area (Å²) < 4.78 is 1.27. The molecule has 2 aromatic rings. The van der Waals surface area contributed by atoms with E-state index >= 15 is 0 Å². The molecule has 0 aliphatic rings. The number of rotatable bonds is 3. The molecule has 17 heavy (non-hydrogen) atoms. The van der Waals surface area contributed by atoms with Crippen LogP contribution in [0.4, 0.5) is 0 Å². The predicted molar refractivity (Wildman–Crippen MR) is 78.8 cm³/mol. The van der Waals surface area contributed by atoms with Crippen molar-refractivity contribution < 1.29 is 0 Å². The molecule has 2 N–H and O–H groups in total. The fourth-order valence-corrected chi connectivity index (χ4v) is 2.60. The Balaban J connectivity index is 2.20. The standard InChI is InChI=1S/C14H15IN2/c1-10-4-2-6-12(14(10)15)13(16)8-11-5-3-7-17-9-11/h2-7,9,13H,8,16H2,1H3. The van der Waals surface area contributed by atoms with Crippen molar-refractivity contribution >= 4 is 22.6 Å². The van der Waals surface area contributed by atoms with Gasteiger partial charge in [0.2, 0.25) is 0 Å². The van der Waals surface area contributed by atoms with Gasteiger partial charge >= 0.3 is 0 Å². The summed E-state index contributed by atoms with van der Waals surface area (Å²) in [5.41, 5.74) is 9.94. The molecule has 88 valence electrons. The van der Waals surface area contributed by atoms with Crippen LogP contribution in [0.1, 0.15) is 22.7 Å². The largest absolute Gasteiger partial charge is 0.324 e. The summed E-state index contributed by atoms with van der Waals surface area (Å²) in [6.07, 6.45) is 4.49. The molecule has 2 nitrogen and oxygen atoms in total. The van der Waals surface area contributed by atoms with E-state index < -0.39 is 0 Å². The summed E-state index contributed by atoms with van der Waals surface area (Å²) >= 11 is 2.37. The van der Waals surface area contributed by atoms with E-state index in [2.05, 4.69) is 58.8 Å². The fraction of sp³-hybridized carbons (Fsp3) is 0.214. The molecule has 3 heteroatoms. The molecule has 0 saturated carbocycles. The molecule has 0 radical (unpaired) electrons. The van der Waals surface area contributed by atoms with Crippen LogP contribution in [0.3, 0.4) is 0 Å². The van der Waals surface area contributed by atoms with Gasteiger partial charge in [0.05, 0.1) is 0 Å². The number of nitrogens with zero attached hydrogens (tertiary/aromatic N) is 1. The van der Waals surface area contributed by atoms with Crippen LogP contribution in [0.15, 0.2) is 42.7 Å². The molecule has 1 aromatic heterocycles. The summed E-state index contributed by atoms with van der Waals surface area (Å²) in [5, 5.41) is 0. The number of aromatic nitrogens is 1. The molecule has 0 aliphatic heterocycles. The van der Waals surface area contributed by atoms with Crippen LogP contribution in [0.2, 0.25) is 0 Å². The molecule has 1 atom stereocenters. The van der Waals surface area contributed by atoms with E-state index in [1.165, 1.54) is 20.3 Å². The average Bonchev–Trinajstić information content (AvgIpc) is 2.34. The van der Waals surface area contributed by atoms with E-state index in [1.807, 2.05) is 12.3 Å². The van der Waals surface area contributed by atoms with Crippen molar-refractivity contribution in [3.63, 3.8) is 0 Å². The minimum absolute atomic E-state index is 0.0333. The van der Waals surface area contributed by atoms with Gasteiger partial charge in [-0.05, 0) is 58.7 Å². The van der Waals surface area contributed by atoms with Crippen LogP contribution in [0, 0.1) is 10.5 Å². The fourth-order valence-electron chi connectivity index (χ4n) is 1.84. The smallest absolute Gasteiger partial charge is 0.0346 e. The van der Waals surface area contributed by atoms with Crippen molar-refractivity contribution in [2.45, 2.75) is 19.4 Å². The lowest BCUT2D eigenvalue weighted by molar-refractivity contribution is 0.715. The van der Waals surface area contributed by atoms with Gasteiger partial charge in [-0.15, -0.1) is 0 Å². The van der Waals surface area contributed by atoms with Gasteiger partial charge in [0.15, 0.2) is 0 Å². The van der Waals surface area contributed by atoms with Gasteiger partial charge in [0.25, 0.3) is 0 Å². The van der Waals surface area contributed by atoms with Crippen LogP contribution in [0.25, 0.3) is 0 Å². The van der Waals surface area contributed by atoms with Crippen molar-refractivity contribution in [1.29, 1.82) is 0 Å². The van der Waals surface area contributed by atoms with Crippen molar-refractivity contribution in [3.8, 4) is 0 Å². The van der Waals surface area contributed by atoms with Crippen molar-refractivity contribution in [2.75, 3.05) is 0 Å². The summed E-state index contributed by atoms with van der Waals surface area (Å²) in [5.74, 6) is 0. The van der Waals surface area contributed by atoms with E-state index in [0.29, 0.717) is 0 Å². The van der Waals surface area contributed by atoms with Gasteiger partial charge in [-0.3, -0.25) is 4.98 Å². The zero-order valence-corrected chi connectivity index (χ0v) is 11.9. The van der Waals surface area contributed by atoms with Crippen molar-refractivity contribution in [3.05, 3.63) is 63.0 Å². The third-order valence-electron chi connectivity index (χ3n) is 2.80. The average molecular weight is 338 g/mol. The maximum atomic E-state index is 6.26. The SMILES string of the molecule is Cc1cccc(C(N)Cc2cccnc2)c1I. The summed E-state index contributed by atoms with van der Waals surface area (Å²) in [7, 11) is 0. The maximum absolute atomic E-state index is 6.26. The van der Waals surface area contributed by atoms with E-state index in [4.69, 9.17) is 5.73 Å². The second-order valence-corrected chi connectivity index (χ2v) is 5.23. The second kappa shape index (κ2) is 5.60. The van der Waals surface area contributed by atoms with Crippen molar-refractivity contribution in [2.24, 2.45) is 5.73 Å². The number of aryl methyl sites for hydroxylation is 1. The number of halogens is 1. The summed E-state index contributed by atoms with van der Waals surface area (Å²) in [6.45, 7) is 2.11. The lowest BCUT2D eigenvalue weighted by Crippen LogP contribution is -2.15. The topological polar surface area (TPSA) is 38.9 Å². The lowest BCUT2D eigenvalue weighted by Gasteiger charge is -2.15. The van der Waals surface area contributed by atoms with E-state index in [-0.39, 0.29) is 6.04 Å². The highest BCUT2D eigenvalue weighted by atomic mass is 127. The molecule has 0 bridgehead atoms. The number of nitrogens with two attached hydrogens (primary N) is 1. The van der Waals surface area contributed by atoms with Gasteiger partial charge < -0.3 is 5.73 Å². The van der Waals surface area contributed by atoms with Gasteiger partial charge in [-0.1, -0.05) is 24.3 Å². The Morgan fingerprint density at radius 3 is 2.82 bits per heavy atom. The molecule has 2 rings (SSSR count). The molecule has 0 aliphatic carbocycles. The van der Waals surface area contributed by atoms with E-state index in [9.17, 15) is 0 Å². The molecule has 1 aromatic carbocycles. The zero-order chi connectivity index (χ0) is 12.3. The molecular formula is C14H15IN2. The Hall–Kier alpha value is -0.940. The first-order valence-corrected chi connectivity index (χ1v) is 6.66. The first-order valence-electron chi connectivity index (χ1n) is 5.58. The van der Waals surface area contributed by atoms with Crippen LogP contribution in [-0.2, 0) is 6.42 Å². The third kappa shape index (κ3) is 3.04. The van der Waals surface area contributed by atoms with Gasteiger partial charge in [-0.2, -0.15) is 0 Å². The van der Waals surface area contributed by atoms with Gasteiger partial charge in [-0.25, -0.2) is 0 Å². The minimum atomic E-state index is 0.0333. The van der Waals surface area contributed by atoms with Crippen LogP contribution >= 0.6 is 22.6 Å². The Bertz CT molecular complexity index is 497. The Morgan fingerprint density at radius 2 is 2.12 bits per heavy atom. The van der Waals surface area contributed by atoms with Crippen molar-refractivity contribution in [1.82, 2.24) is 4.98 Å². The monoisotopic (exact) mass is 338 g/mol. The predicted octanol–water partition coefficient (Wildman–Crippen LogP) is 3.24. The molecule has 0 spiro atoms. The molecular weight excluding hydrogens is 323 g/mol. The highest BCUT2D eigenvalue weighted by Gasteiger charge is 2.11. The molecule has 1 heterocycles. The number of benzene rings is 1. The Kier molecular flexibility index (Phi) is 4.12. The van der Waals surface area contributed by atoms with E-state index in [1.54, 1.807) is 6.20 Å². The Morgan fingerprint density at radius 1 is 1.29 bits per heavy atom. The Labute approximate surface area is 115 Å². The molecule has 0 amide bonds. The molecule has 0 saturated heterocycles. The number of pyridine rings is 1. The van der Waals surface area contributed by atoms with Crippen LogP contribution < -0.4 is 5.73 Å². The zero-order valence-electron chi connectivity index (χ0n) is 9.73. The third-order valence-corrected chi connectivity index (χ3v) is 4.27. The van der Waals surface area contributed by atoms with Crippen LogP contribution in [-0.4, -0.2) is 4.98 Å². The second-order valence-electron chi connectivity index (χ2n) is 4.15.